The highest BCUT2D eigenvalue weighted by Gasteiger charge is 2.64. The molecule has 3 N–H and O–H groups in total. The van der Waals surface area contributed by atoms with E-state index in [1.807, 2.05) is 0 Å². The van der Waals surface area contributed by atoms with Crippen LogP contribution in [0.5, 0.6) is 5.75 Å². The van der Waals surface area contributed by atoms with Crippen LogP contribution in [-0.2, 0) is 19.2 Å². The van der Waals surface area contributed by atoms with Crippen LogP contribution in [0.15, 0.2) is 24.3 Å². The van der Waals surface area contributed by atoms with E-state index in [2.05, 4.69) is 12.2 Å². The minimum Gasteiger partial charge on any atom is -0.494 e. The van der Waals surface area contributed by atoms with Gasteiger partial charge in [-0.3, -0.25) is 14.4 Å². The summed E-state index contributed by atoms with van der Waals surface area (Å²) >= 11 is 1.35. The average molecular weight is 479 g/mol. The van der Waals surface area contributed by atoms with Gasteiger partial charge in [0.2, 0.25) is 11.8 Å². The summed E-state index contributed by atoms with van der Waals surface area (Å²) < 4.78 is 4.92. The second-order valence-electron chi connectivity index (χ2n) is 8.84. The van der Waals surface area contributed by atoms with Gasteiger partial charge in [-0.1, -0.05) is 25.5 Å². The van der Waals surface area contributed by atoms with Crippen molar-refractivity contribution in [2.75, 3.05) is 6.61 Å². The van der Waals surface area contributed by atoms with E-state index in [4.69, 9.17) is 4.74 Å². The number of hydrogen-bond acceptors (Lipinski definition) is 6. The molecule has 180 valence electrons. The number of rotatable bonds is 11. The third-order valence-electron chi connectivity index (χ3n) is 6.00. The number of carboxylic acid groups (broad SMARTS) is 2. The molecule has 2 aliphatic rings. The van der Waals surface area contributed by atoms with Crippen molar-refractivity contribution in [3.63, 3.8) is 0 Å². The van der Waals surface area contributed by atoms with Gasteiger partial charge < -0.3 is 25.2 Å². The standard InChI is InChI=1S/C23H30N2O7S/c1-4-5-12-32-14-8-6-13(7-9-14)15(21(28)29)10-11-16(26)24-17-19(27)25-18(22(30)31)23(2,3)33-20(17)25/h6-9,15,17-18,20H,4-5,10-12H2,1-3H3,(H,24,26)(H,28,29)(H,30,31). The SMILES string of the molecule is CCCCOc1ccc(C(CCC(=O)NC2C(=O)N3C2SC(C)(C)C3C(=O)O)C(=O)O)cc1. The second kappa shape index (κ2) is 10.0. The van der Waals surface area contributed by atoms with Crippen LogP contribution in [0.2, 0.25) is 0 Å². The van der Waals surface area contributed by atoms with E-state index in [0.717, 1.165) is 12.8 Å². The van der Waals surface area contributed by atoms with Crippen molar-refractivity contribution < 1.29 is 34.1 Å². The van der Waals surface area contributed by atoms with Gasteiger partial charge in [0.05, 0.1) is 12.5 Å². The van der Waals surface area contributed by atoms with E-state index < -0.39 is 51.9 Å². The highest BCUT2D eigenvalue weighted by atomic mass is 32.2. The summed E-state index contributed by atoms with van der Waals surface area (Å²) in [6.45, 7) is 6.19. The van der Waals surface area contributed by atoms with Crippen LogP contribution in [0.1, 0.15) is 57.9 Å². The molecular weight excluding hydrogens is 448 g/mol. The molecule has 1 aromatic rings. The molecule has 0 radical (unpaired) electrons. The third-order valence-corrected chi connectivity index (χ3v) is 7.57. The number of hydrogen-bond donors (Lipinski definition) is 3. The summed E-state index contributed by atoms with van der Waals surface area (Å²) in [7, 11) is 0. The lowest BCUT2D eigenvalue weighted by molar-refractivity contribution is -0.161. The molecule has 2 saturated heterocycles. The number of carbonyl (C=O) groups is 4. The van der Waals surface area contributed by atoms with E-state index in [9.17, 15) is 29.4 Å². The first kappa shape index (κ1) is 24.9. The minimum atomic E-state index is -1.07. The van der Waals surface area contributed by atoms with Gasteiger partial charge in [-0.2, -0.15) is 0 Å². The number of unbranched alkanes of at least 4 members (excludes halogenated alkanes) is 1. The van der Waals surface area contributed by atoms with Crippen LogP contribution in [0.3, 0.4) is 0 Å². The van der Waals surface area contributed by atoms with Crippen molar-refractivity contribution in [1.29, 1.82) is 0 Å². The number of nitrogens with one attached hydrogen (secondary N) is 1. The lowest BCUT2D eigenvalue weighted by Crippen LogP contribution is -2.70. The van der Waals surface area contributed by atoms with Crippen LogP contribution in [0.4, 0.5) is 0 Å². The predicted molar refractivity (Wildman–Crippen MR) is 122 cm³/mol. The Bertz CT molecular complexity index is 918. The maximum absolute atomic E-state index is 12.5. The molecule has 0 aromatic heterocycles. The third kappa shape index (κ3) is 5.26. The average Bonchev–Trinajstić information content (AvgIpc) is 3.01. The Balaban J connectivity index is 1.55. The number of benzene rings is 1. The molecule has 0 bridgehead atoms. The first-order valence-electron chi connectivity index (χ1n) is 11.0. The lowest BCUT2D eigenvalue weighted by atomic mass is 9.93. The molecule has 33 heavy (non-hydrogen) atoms. The summed E-state index contributed by atoms with van der Waals surface area (Å²) in [6.07, 6.45) is 1.95. The lowest BCUT2D eigenvalue weighted by Gasteiger charge is -2.43. The Morgan fingerprint density at radius 2 is 1.88 bits per heavy atom. The van der Waals surface area contributed by atoms with Crippen molar-refractivity contribution in [2.45, 2.75) is 74.6 Å². The molecule has 10 heteroatoms. The number of carbonyl (C=O) groups excluding carboxylic acids is 2. The van der Waals surface area contributed by atoms with Gasteiger partial charge in [-0.25, -0.2) is 4.79 Å². The molecule has 0 saturated carbocycles. The quantitative estimate of drug-likeness (QED) is 0.326. The molecule has 2 heterocycles. The van der Waals surface area contributed by atoms with Crippen molar-refractivity contribution in [2.24, 2.45) is 0 Å². The molecule has 4 unspecified atom stereocenters. The molecule has 0 aliphatic carbocycles. The Morgan fingerprint density at radius 3 is 2.45 bits per heavy atom. The van der Waals surface area contributed by atoms with Gasteiger partial charge >= 0.3 is 11.9 Å². The summed E-state index contributed by atoms with van der Waals surface area (Å²) in [6, 6.07) is 5.08. The van der Waals surface area contributed by atoms with E-state index >= 15 is 0 Å². The Labute approximate surface area is 196 Å². The topological polar surface area (TPSA) is 133 Å². The summed E-state index contributed by atoms with van der Waals surface area (Å²) in [5.41, 5.74) is 0.571. The van der Waals surface area contributed by atoms with Gasteiger partial charge in [0.15, 0.2) is 0 Å². The number of aliphatic carboxylic acids is 2. The van der Waals surface area contributed by atoms with Crippen molar-refractivity contribution >= 4 is 35.5 Å². The maximum Gasteiger partial charge on any atom is 0.327 e. The first-order valence-corrected chi connectivity index (χ1v) is 11.9. The number of nitrogens with zero attached hydrogens (tertiary/aromatic N) is 1. The molecule has 0 spiro atoms. The summed E-state index contributed by atoms with van der Waals surface area (Å²) in [4.78, 5) is 49.7. The maximum atomic E-state index is 12.5. The Kier molecular flexibility index (Phi) is 7.56. The Morgan fingerprint density at radius 1 is 1.21 bits per heavy atom. The normalized spacial score (nSPS) is 23.9. The van der Waals surface area contributed by atoms with Gasteiger partial charge in [0.25, 0.3) is 0 Å². The second-order valence-corrected chi connectivity index (χ2v) is 10.6. The molecule has 3 rings (SSSR count). The van der Waals surface area contributed by atoms with Crippen LogP contribution in [-0.4, -0.2) is 67.7 Å². The van der Waals surface area contributed by atoms with Crippen LogP contribution in [0, 0.1) is 0 Å². The molecule has 9 nitrogen and oxygen atoms in total. The van der Waals surface area contributed by atoms with Crippen LogP contribution >= 0.6 is 11.8 Å². The largest absolute Gasteiger partial charge is 0.494 e. The van der Waals surface area contributed by atoms with Crippen LogP contribution < -0.4 is 10.1 Å². The fraction of sp³-hybridized carbons (Fsp3) is 0.565. The van der Waals surface area contributed by atoms with Gasteiger partial charge in [-0.05, 0) is 44.4 Å². The fourth-order valence-electron chi connectivity index (χ4n) is 4.23. The monoisotopic (exact) mass is 478 g/mol. The highest BCUT2D eigenvalue weighted by Crippen LogP contribution is 2.50. The zero-order valence-corrected chi connectivity index (χ0v) is 19.8. The molecule has 1 aromatic carbocycles. The molecule has 2 fully saturated rings. The van der Waals surface area contributed by atoms with Crippen molar-refractivity contribution in [3.05, 3.63) is 29.8 Å². The first-order chi connectivity index (χ1) is 15.6. The molecule has 2 aliphatic heterocycles. The number of thioether (sulfide) groups is 1. The number of amides is 2. The number of β-lactam (4-membered cyclic amide) rings is 1. The fourth-order valence-corrected chi connectivity index (χ4v) is 5.86. The van der Waals surface area contributed by atoms with Gasteiger partial charge in [0, 0.05) is 11.2 Å². The summed E-state index contributed by atoms with van der Waals surface area (Å²) in [5, 5.41) is 21.3. The van der Waals surface area contributed by atoms with Crippen molar-refractivity contribution in [1.82, 2.24) is 10.2 Å². The number of fused-ring (bicyclic) bond motifs is 1. The summed E-state index contributed by atoms with van der Waals surface area (Å²) in [5.74, 6) is -3.17. The van der Waals surface area contributed by atoms with Crippen molar-refractivity contribution in [3.8, 4) is 5.75 Å². The van der Waals surface area contributed by atoms with E-state index in [0.29, 0.717) is 17.9 Å². The van der Waals surface area contributed by atoms with E-state index in [-0.39, 0.29) is 12.8 Å². The molecule has 2 amide bonds. The number of carboxylic acids is 2. The highest BCUT2D eigenvalue weighted by molar-refractivity contribution is 8.01. The van der Waals surface area contributed by atoms with Gasteiger partial charge in [-0.15, -0.1) is 11.8 Å². The zero-order chi connectivity index (χ0) is 24.3. The smallest absolute Gasteiger partial charge is 0.327 e. The Hall–Kier alpha value is -2.75. The molecule has 4 atom stereocenters. The van der Waals surface area contributed by atoms with E-state index in [1.54, 1.807) is 38.1 Å². The van der Waals surface area contributed by atoms with E-state index in [1.165, 1.54) is 16.7 Å². The zero-order valence-electron chi connectivity index (χ0n) is 18.9. The van der Waals surface area contributed by atoms with Gasteiger partial charge in [0.1, 0.15) is 23.2 Å². The number of ether oxygens (including phenoxy) is 1. The predicted octanol–water partition coefficient (Wildman–Crippen LogP) is 2.45. The van der Waals surface area contributed by atoms with Crippen LogP contribution in [0.25, 0.3) is 0 Å². The molecular formula is C23H30N2O7S. The minimum absolute atomic E-state index is 0.0708.